The Morgan fingerprint density at radius 1 is 1.22 bits per heavy atom. The number of nitriles is 1. The summed E-state index contributed by atoms with van der Waals surface area (Å²) in [5.74, 6) is 1.61. The predicted molar refractivity (Wildman–Crippen MR) is 72.2 cm³/mol. The van der Waals surface area contributed by atoms with Crippen LogP contribution in [0.5, 0.6) is 0 Å². The van der Waals surface area contributed by atoms with Gasteiger partial charge in [0, 0.05) is 11.4 Å². The Balaban J connectivity index is 2.09. The number of hydrogen-bond acceptors (Lipinski definition) is 4. The third-order valence-corrected chi connectivity index (χ3v) is 3.37. The summed E-state index contributed by atoms with van der Waals surface area (Å²) in [5, 5.41) is 9.82. The van der Waals surface area contributed by atoms with E-state index in [1.807, 2.05) is 44.2 Å². The standard InChI is InChI=1S/C14H13N3S/c1-10-6-14(17-11(2)16-10)18-9-13-5-3-4-12(7-13)8-15/h3-7H,9H2,1-2H3. The number of nitrogens with zero attached hydrogens (tertiary/aromatic N) is 3. The summed E-state index contributed by atoms with van der Waals surface area (Å²) in [7, 11) is 0. The van der Waals surface area contributed by atoms with Crippen molar-refractivity contribution in [2.75, 3.05) is 0 Å². The van der Waals surface area contributed by atoms with Gasteiger partial charge in [-0.1, -0.05) is 12.1 Å². The van der Waals surface area contributed by atoms with Crippen LogP contribution in [0.3, 0.4) is 0 Å². The largest absolute Gasteiger partial charge is 0.238 e. The van der Waals surface area contributed by atoms with Crippen LogP contribution in [0.4, 0.5) is 0 Å². The van der Waals surface area contributed by atoms with Gasteiger partial charge in [-0.2, -0.15) is 5.26 Å². The molecule has 0 aliphatic heterocycles. The van der Waals surface area contributed by atoms with Gasteiger partial charge in [0.15, 0.2) is 0 Å². The van der Waals surface area contributed by atoms with Crippen LogP contribution in [-0.2, 0) is 5.75 Å². The predicted octanol–water partition coefficient (Wildman–Crippen LogP) is 3.26. The van der Waals surface area contributed by atoms with Crippen molar-refractivity contribution in [3.63, 3.8) is 0 Å². The zero-order valence-electron chi connectivity index (χ0n) is 10.3. The lowest BCUT2D eigenvalue weighted by molar-refractivity contribution is 0.936. The Morgan fingerprint density at radius 3 is 2.78 bits per heavy atom. The fourth-order valence-electron chi connectivity index (χ4n) is 1.64. The lowest BCUT2D eigenvalue weighted by Gasteiger charge is -2.03. The summed E-state index contributed by atoms with van der Waals surface area (Å²) < 4.78 is 0. The number of thioether (sulfide) groups is 1. The van der Waals surface area contributed by atoms with E-state index in [2.05, 4.69) is 16.0 Å². The van der Waals surface area contributed by atoms with Crippen LogP contribution in [0.1, 0.15) is 22.6 Å². The number of aryl methyl sites for hydroxylation is 2. The van der Waals surface area contributed by atoms with E-state index in [0.717, 1.165) is 27.9 Å². The summed E-state index contributed by atoms with van der Waals surface area (Å²) in [6.07, 6.45) is 0. The van der Waals surface area contributed by atoms with Crippen molar-refractivity contribution in [3.05, 3.63) is 53.0 Å². The van der Waals surface area contributed by atoms with E-state index in [1.54, 1.807) is 11.8 Å². The molecule has 0 bridgehead atoms. The number of benzene rings is 1. The van der Waals surface area contributed by atoms with E-state index in [-0.39, 0.29) is 0 Å². The lowest BCUT2D eigenvalue weighted by atomic mass is 10.2. The zero-order chi connectivity index (χ0) is 13.0. The van der Waals surface area contributed by atoms with Crippen molar-refractivity contribution in [3.8, 4) is 6.07 Å². The second kappa shape index (κ2) is 5.65. The van der Waals surface area contributed by atoms with Gasteiger partial charge in [0.05, 0.1) is 11.6 Å². The van der Waals surface area contributed by atoms with Crippen LogP contribution in [0.2, 0.25) is 0 Å². The first kappa shape index (κ1) is 12.6. The molecule has 0 aliphatic carbocycles. The number of hydrogen-bond donors (Lipinski definition) is 0. The Labute approximate surface area is 111 Å². The van der Waals surface area contributed by atoms with Crippen molar-refractivity contribution >= 4 is 11.8 Å². The SMILES string of the molecule is Cc1cc(SCc2cccc(C#N)c2)nc(C)n1. The van der Waals surface area contributed by atoms with Gasteiger partial charge in [0.25, 0.3) is 0 Å². The average molecular weight is 255 g/mol. The monoisotopic (exact) mass is 255 g/mol. The van der Waals surface area contributed by atoms with Gasteiger partial charge < -0.3 is 0 Å². The molecule has 2 rings (SSSR count). The molecule has 1 aromatic heterocycles. The van der Waals surface area contributed by atoms with Crippen LogP contribution in [0, 0.1) is 25.2 Å². The van der Waals surface area contributed by atoms with Crippen molar-refractivity contribution in [1.82, 2.24) is 9.97 Å². The minimum absolute atomic E-state index is 0.697. The maximum atomic E-state index is 8.84. The molecular formula is C14H13N3S. The first-order valence-corrected chi connectivity index (χ1v) is 6.60. The fourth-order valence-corrected chi connectivity index (χ4v) is 2.59. The van der Waals surface area contributed by atoms with Crippen LogP contribution >= 0.6 is 11.8 Å². The van der Waals surface area contributed by atoms with Crippen LogP contribution in [-0.4, -0.2) is 9.97 Å². The first-order valence-electron chi connectivity index (χ1n) is 5.61. The van der Waals surface area contributed by atoms with E-state index in [9.17, 15) is 0 Å². The van der Waals surface area contributed by atoms with E-state index >= 15 is 0 Å². The summed E-state index contributed by atoms with van der Waals surface area (Å²) in [6, 6.07) is 11.8. The smallest absolute Gasteiger partial charge is 0.126 e. The van der Waals surface area contributed by atoms with Crippen LogP contribution in [0.25, 0.3) is 0 Å². The van der Waals surface area contributed by atoms with Gasteiger partial charge in [-0.3, -0.25) is 0 Å². The summed E-state index contributed by atoms with van der Waals surface area (Å²) in [4.78, 5) is 8.63. The first-order chi connectivity index (χ1) is 8.67. The highest BCUT2D eigenvalue weighted by Gasteiger charge is 2.01. The Hall–Kier alpha value is -1.86. The summed E-state index contributed by atoms with van der Waals surface area (Å²) in [6.45, 7) is 3.86. The molecule has 90 valence electrons. The number of aromatic nitrogens is 2. The van der Waals surface area contributed by atoms with Crippen molar-refractivity contribution in [2.45, 2.75) is 24.6 Å². The molecule has 0 N–H and O–H groups in total. The molecule has 18 heavy (non-hydrogen) atoms. The molecule has 0 atom stereocenters. The van der Waals surface area contributed by atoms with E-state index < -0.39 is 0 Å². The van der Waals surface area contributed by atoms with Gasteiger partial charge in [0.2, 0.25) is 0 Å². The normalized spacial score (nSPS) is 10.1. The minimum atomic E-state index is 0.697. The fraction of sp³-hybridized carbons (Fsp3) is 0.214. The quantitative estimate of drug-likeness (QED) is 0.624. The maximum Gasteiger partial charge on any atom is 0.126 e. The zero-order valence-corrected chi connectivity index (χ0v) is 11.2. The van der Waals surface area contributed by atoms with E-state index in [4.69, 9.17) is 5.26 Å². The molecule has 0 radical (unpaired) electrons. The molecule has 3 nitrogen and oxygen atoms in total. The van der Waals surface area contributed by atoms with Gasteiger partial charge >= 0.3 is 0 Å². The van der Waals surface area contributed by atoms with Crippen molar-refractivity contribution in [2.24, 2.45) is 0 Å². The third kappa shape index (κ3) is 3.31. The molecule has 0 fully saturated rings. The average Bonchev–Trinajstić information content (AvgIpc) is 2.35. The van der Waals surface area contributed by atoms with E-state index in [1.165, 1.54) is 0 Å². The Bertz CT molecular complexity index is 582. The van der Waals surface area contributed by atoms with Gasteiger partial charge in [-0.25, -0.2) is 9.97 Å². The molecule has 0 saturated heterocycles. The molecule has 1 heterocycles. The summed E-state index contributed by atoms with van der Waals surface area (Å²) in [5.41, 5.74) is 2.81. The topological polar surface area (TPSA) is 49.6 Å². The second-order valence-electron chi connectivity index (χ2n) is 4.00. The van der Waals surface area contributed by atoms with Crippen LogP contribution in [0.15, 0.2) is 35.4 Å². The lowest BCUT2D eigenvalue weighted by Crippen LogP contribution is -1.93. The molecule has 1 aromatic carbocycles. The van der Waals surface area contributed by atoms with Crippen molar-refractivity contribution < 1.29 is 0 Å². The highest BCUT2D eigenvalue weighted by Crippen LogP contribution is 2.21. The molecule has 0 spiro atoms. The third-order valence-electron chi connectivity index (χ3n) is 2.39. The molecule has 2 aromatic rings. The van der Waals surface area contributed by atoms with E-state index in [0.29, 0.717) is 5.56 Å². The molecule has 0 amide bonds. The number of rotatable bonds is 3. The second-order valence-corrected chi connectivity index (χ2v) is 4.99. The van der Waals surface area contributed by atoms with Crippen LogP contribution < -0.4 is 0 Å². The highest BCUT2D eigenvalue weighted by atomic mass is 32.2. The van der Waals surface area contributed by atoms with Crippen molar-refractivity contribution in [1.29, 1.82) is 5.26 Å². The van der Waals surface area contributed by atoms with Gasteiger partial charge in [-0.05, 0) is 37.6 Å². The maximum absolute atomic E-state index is 8.84. The molecule has 0 aliphatic rings. The Morgan fingerprint density at radius 2 is 2.06 bits per heavy atom. The summed E-state index contributed by atoms with van der Waals surface area (Å²) >= 11 is 1.66. The Kier molecular flexibility index (Phi) is 3.96. The molecular weight excluding hydrogens is 242 g/mol. The molecule has 0 unspecified atom stereocenters. The van der Waals surface area contributed by atoms with Gasteiger partial charge in [0.1, 0.15) is 10.9 Å². The van der Waals surface area contributed by atoms with Gasteiger partial charge in [-0.15, -0.1) is 11.8 Å². The highest BCUT2D eigenvalue weighted by molar-refractivity contribution is 7.98. The minimum Gasteiger partial charge on any atom is -0.238 e. The molecule has 0 saturated carbocycles. The molecule has 4 heteroatoms.